The molecule has 1 saturated heterocycles. The molecule has 0 radical (unpaired) electrons. The molecule has 9 nitrogen and oxygen atoms in total. The molecule has 1 unspecified atom stereocenters. The van der Waals surface area contributed by atoms with E-state index in [1.807, 2.05) is 13.0 Å². The van der Waals surface area contributed by atoms with E-state index in [2.05, 4.69) is 20.6 Å². The summed E-state index contributed by atoms with van der Waals surface area (Å²) in [4.78, 5) is 21.0. The Kier molecular flexibility index (Phi) is 7.62. The first-order valence-electron chi connectivity index (χ1n) is 11.4. The highest BCUT2D eigenvalue weighted by Crippen LogP contribution is 2.30. The molecule has 2 N–H and O–H groups in total. The van der Waals surface area contributed by atoms with Crippen molar-refractivity contribution in [2.45, 2.75) is 24.7 Å². The number of pyridine rings is 2. The van der Waals surface area contributed by atoms with Gasteiger partial charge in [0.25, 0.3) is 5.91 Å². The molecule has 0 saturated carbocycles. The number of sulfone groups is 1. The number of amides is 1. The van der Waals surface area contributed by atoms with Gasteiger partial charge in [0.2, 0.25) is 5.88 Å². The van der Waals surface area contributed by atoms with Crippen LogP contribution in [0.3, 0.4) is 0 Å². The summed E-state index contributed by atoms with van der Waals surface area (Å²) in [5.74, 6) is 1.73. The Morgan fingerprint density at radius 1 is 1.14 bits per heavy atom. The van der Waals surface area contributed by atoms with Crippen LogP contribution in [0, 0.1) is 5.92 Å². The maximum absolute atomic E-state index is 11.9. The first-order valence-corrected chi connectivity index (χ1v) is 13.3. The van der Waals surface area contributed by atoms with Crippen LogP contribution >= 0.6 is 0 Å². The minimum atomic E-state index is -3.28. The average Bonchev–Trinajstić information content (AvgIpc) is 3.34. The number of aromatic nitrogens is 2. The number of hydrogen-bond acceptors (Lipinski definition) is 8. The van der Waals surface area contributed by atoms with Gasteiger partial charge < -0.3 is 20.1 Å². The fraction of sp³-hybridized carbons (Fsp3) is 0.320. The molecule has 1 aromatic carbocycles. The van der Waals surface area contributed by atoms with E-state index in [0.717, 1.165) is 30.7 Å². The predicted octanol–water partition coefficient (Wildman–Crippen LogP) is 3.74. The third-order valence-electron chi connectivity index (χ3n) is 5.56. The van der Waals surface area contributed by atoms with Gasteiger partial charge >= 0.3 is 0 Å². The Labute approximate surface area is 204 Å². The lowest BCUT2D eigenvalue weighted by molar-refractivity contribution is 0.0955. The van der Waals surface area contributed by atoms with Gasteiger partial charge in [-0.3, -0.25) is 4.79 Å². The average molecular weight is 497 g/mol. The third kappa shape index (κ3) is 6.55. The van der Waals surface area contributed by atoms with E-state index < -0.39 is 9.84 Å². The summed E-state index contributed by atoms with van der Waals surface area (Å²) in [6.07, 6.45) is 6.02. The first kappa shape index (κ1) is 24.6. The predicted molar refractivity (Wildman–Crippen MR) is 132 cm³/mol. The monoisotopic (exact) mass is 496 g/mol. The highest BCUT2D eigenvalue weighted by atomic mass is 32.2. The summed E-state index contributed by atoms with van der Waals surface area (Å²) in [6.45, 7) is 3.83. The van der Waals surface area contributed by atoms with E-state index in [9.17, 15) is 13.2 Å². The smallest absolute Gasteiger partial charge is 0.252 e. The normalized spacial score (nSPS) is 15.5. The molecule has 35 heavy (non-hydrogen) atoms. The van der Waals surface area contributed by atoms with Gasteiger partial charge in [0.15, 0.2) is 9.84 Å². The second-order valence-corrected chi connectivity index (χ2v) is 10.4. The van der Waals surface area contributed by atoms with Crippen molar-refractivity contribution < 1.29 is 22.7 Å². The minimum Gasteiger partial charge on any atom is -0.439 e. The maximum atomic E-state index is 11.9. The maximum Gasteiger partial charge on any atom is 0.252 e. The molecular weight excluding hydrogens is 468 g/mol. The minimum absolute atomic E-state index is 0.166. The molecule has 0 spiro atoms. The van der Waals surface area contributed by atoms with E-state index in [1.54, 1.807) is 30.5 Å². The lowest BCUT2D eigenvalue weighted by Crippen LogP contribution is -2.22. The van der Waals surface area contributed by atoms with Crippen LogP contribution in [0.4, 0.5) is 11.5 Å². The van der Waals surface area contributed by atoms with Crippen molar-refractivity contribution in [3.05, 3.63) is 66.0 Å². The van der Waals surface area contributed by atoms with Gasteiger partial charge in [-0.1, -0.05) is 0 Å². The number of rotatable bonds is 9. The Bertz CT molecular complexity index is 1270. The van der Waals surface area contributed by atoms with Crippen LogP contribution in [0.1, 0.15) is 29.3 Å². The summed E-state index contributed by atoms with van der Waals surface area (Å²) < 4.78 is 35.0. The van der Waals surface area contributed by atoms with Crippen LogP contribution in [0.5, 0.6) is 11.6 Å². The number of nitrogens with zero attached hydrogens (tertiary/aromatic N) is 2. The first-order chi connectivity index (χ1) is 16.8. The van der Waals surface area contributed by atoms with Crippen molar-refractivity contribution >= 4 is 27.2 Å². The molecule has 2 aromatic heterocycles. The van der Waals surface area contributed by atoms with Crippen LogP contribution in [0.25, 0.3) is 0 Å². The zero-order chi connectivity index (χ0) is 24.8. The number of hydrogen-bond donors (Lipinski definition) is 2. The summed E-state index contributed by atoms with van der Waals surface area (Å²) >= 11 is 0. The number of carbonyl (C=O) groups excluding carboxylic acids is 1. The van der Waals surface area contributed by atoms with Crippen molar-refractivity contribution in [2.75, 3.05) is 31.3 Å². The van der Waals surface area contributed by atoms with Crippen LogP contribution in [0.15, 0.2) is 59.8 Å². The Balaban J connectivity index is 1.54. The zero-order valence-electron chi connectivity index (χ0n) is 19.7. The summed E-state index contributed by atoms with van der Waals surface area (Å²) in [5, 5.41) is 5.97. The van der Waals surface area contributed by atoms with Crippen molar-refractivity contribution in [3.63, 3.8) is 0 Å². The third-order valence-corrected chi connectivity index (χ3v) is 6.69. The SMILES string of the molecule is CCNC(=O)c1ccc(Nc2cnc(Oc3ccc(S(C)(=O)=O)cc3)c(CC3CCOC3)c2)nc1. The number of anilines is 2. The Morgan fingerprint density at radius 2 is 1.94 bits per heavy atom. The second-order valence-electron chi connectivity index (χ2n) is 8.38. The number of ether oxygens (including phenoxy) is 2. The molecular formula is C25H28N4O5S. The van der Waals surface area contributed by atoms with Crippen LogP contribution in [0.2, 0.25) is 0 Å². The number of nitrogens with one attached hydrogen (secondary N) is 2. The highest BCUT2D eigenvalue weighted by molar-refractivity contribution is 7.90. The van der Waals surface area contributed by atoms with Crippen molar-refractivity contribution in [1.82, 2.24) is 15.3 Å². The topological polar surface area (TPSA) is 120 Å². The van der Waals surface area contributed by atoms with E-state index >= 15 is 0 Å². The van der Waals surface area contributed by atoms with Crippen LogP contribution in [-0.2, 0) is 21.0 Å². The van der Waals surface area contributed by atoms with Crippen molar-refractivity contribution in [3.8, 4) is 11.6 Å². The quantitative estimate of drug-likeness (QED) is 0.460. The Hall–Kier alpha value is -3.50. The van der Waals surface area contributed by atoms with Crippen molar-refractivity contribution in [1.29, 1.82) is 0 Å². The van der Waals surface area contributed by atoms with Gasteiger partial charge in [0.1, 0.15) is 11.6 Å². The van der Waals surface area contributed by atoms with E-state index in [0.29, 0.717) is 42.1 Å². The molecule has 0 bridgehead atoms. The van der Waals surface area contributed by atoms with Gasteiger partial charge in [0.05, 0.1) is 22.3 Å². The lowest BCUT2D eigenvalue weighted by atomic mass is 9.99. The molecule has 0 aliphatic carbocycles. The largest absolute Gasteiger partial charge is 0.439 e. The van der Waals surface area contributed by atoms with E-state index in [1.165, 1.54) is 24.6 Å². The fourth-order valence-electron chi connectivity index (χ4n) is 3.74. The van der Waals surface area contributed by atoms with E-state index in [-0.39, 0.29) is 10.8 Å². The Morgan fingerprint density at radius 3 is 2.57 bits per heavy atom. The molecule has 1 fully saturated rings. The molecule has 1 atom stereocenters. The molecule has 184 valence electrons. The fourth-order valence-corrected chi connectivity index (χ4v) is 4.37. The molecule has 1 aliphatic heterocycles. The van der Waals surface area contributed by atoms with Gasteiger partial charge in [-0.05, 0) is 68.1 Å². The standard InChI is InChI=1S/C25H28N4O5S/c1-3-26-24(30)18-4-9-23(27-14-18)29-20-13-19(12-17-10-11-33-16-17)25(28-15-20)34-21-5-7-22(8-6-21)35(2,31)32/h4-9,13-15,17H,3,10-12,16H2,1-2H3,(H,26,30)(H,27,29). The van der Waals surface area contributed by atoms with Crippen molar-refractivity contribution in [2.24, 2.45) is 5.92 Å². The van der Waals surface area contributed by atoms with Gasteiger partial charge in [-0.25, -0.2) is 18.4 Å². The van der Waals surface area contributed by atoms with Crippen LogP contribution < -0.4 is 15.4 Å². The zero-order valence-corrected chi connectivity index (χ0v) is 20.5. The number of carbonyl (C=O) groups is 1. The summed E-state index contributed by atoms with van der Waals surface area (Å²) in [6, 6.07) is 11.7. The van der Waals surface area contributed by atoms with Gasteiger partial charge in [-0.15, -0.1) is 0 Å². The number of benzene rings is 1. The van der Waals surface area contributed by atoms with E-state index in [4.69, 9.17) is 9.47 Å². The second kappa shape index (κ2) is 10.8. The van der Waals surface area contributed by atoms with Gasteiger partial charge in [0, 0.05) is 37.8 Å². The molecule has 3 aromatic rings. The molecule has 3 heterocycles. The van der Waals surface area contributed by atoms with Crippen LogP contribution in [-0.4, -0.2) is 50.3 Å². The highest BCUT2D eigenvalue weighted by Gasteiger charge is 2.20. The lowest BCUT2D eigenvalue weighted by Gasteiger charge is -2.15. The summed E-state index contributed by atoms with van der Waals surface area (Å²) in [5.41, 5.74) is 2.12. The molecule has 4 rings (SSSR count). The summed E-state index contributed by atoms with van der Waals surface area (Å²) in [7, 11) is -3.28. The molecule has 1 amide bonds. The van der Waals surface area contributed by atoms with Gasteiger partial charge in [-0.2, -0.15) is 0 Å². The molecule has 10 heteroatoms. The molecule has 1 aliphatic rings.